The lowest BCUT2D eigenvalue weighted by molar-refractivity contribution is -0.125. The van der Waals surface area contributed by atoms with Crippen molar-refractivity contribution in [3.05, 3.63) is 64.4 Å². The summed E-state index contributed by atoms with van der Waals surface area (Å²) < 4.78 is 24.1. The number of rotatable bonds is 6. The molecule has 0 bridgehead atoms. The third-order valence-corrected chi connectivity index (χ3v) is 3.90. The van der Waals surface area contributed by atoms with Gasteiger partial charge in [-0.05, 0) is 29.8 Å². The van der Waals surface area contributed by atoms with Crippen molar-refractivity contribution in [1.82, 2.24) is 4.90 Å². The Morgan fingerprint density at radius 1 is 1.24 bits per heavy atom. The van der Waals surface area contributed by atoms with E-state index < -0.39 is 0 Å². The number of methoxy groups -OCH3 is 2. The number of carbonyl (C=O) groups is 1. The lowest BCUT2D eigenvalue weighted by Gasteiger charge is -2.15. The fourth-order valence-corrected chi connectivity index (χ4v) is 2.59. The fraction of sp³-hybridized carbons (Fsp3) is 0.211. The molecule has 2 aromatic carbocycles. The molecule has 2 aromatic rings. The van der Waals surface area contributed by atoms with E-state index in [0.717, 1.165) is 0 Å². The summed E-state index contributed by atoms with van der Waals surface area (Å²) in [6.07, 6.45) is 3.02. The van der Waals surface area contributed by atoms with Crippen molar-refractivity contribution in [2.24, 2.45) is 0 Å². The standard InChI is InChI=1S/C19H19ClFNO3/c1-22(12-14-6-4-5-7-16(14)21)18(23)9-8-13-10-15(20)19(25-3)17(11-13)24-2/h4-11H,12H2,1-3H3/b9-8+. The van der Waals surface area contributed by atoms with Crippen LogP contribution in [0.5, 0.6) is 11.5 Å². The van der Waals surface area contributed by atoms with E-state index in [1.54, 1.807) is 43.5 Å². The number of amides is 1. The summed E-state index contributed by atoms with van der Waals surface area (Å²) >= 11 is 6.14. The Bertz CT molecular complexity index is 792. The highest BCUT2D eigenvalue weighted by Crippen LogP contribution is 2.36. The quantitative estimate of drug-likeness (QED) is 0.723. The van der Waals surface area contributed by atoms with Gasteiger partial charge in [0.05, 0.1) is 19.2 Å². The van der Waals surface area contributed by atoms with E-state index in [-0.39, 0.29) is 18.3 Å². The maximum Gasteiger partial charge on any atom is 0.246 e. The molecule has 0 atom stereocenters. The van der Waals surface area contributed by atoms with Gasteiger partial charge in [-0.2, -0.15) is 0 Å². The zero-order chi connectivity index (χ0) is 18.4. The van der Waals surface area contributed by atoms with Crippen LogP contribution in [0.4, 0.5) is 4.39 Å². The molecule has 25 heavy (non-hydrogen) atoms. The van der Waals surface area contributed by atoms with E-state index in [9.17, 15) is 9.18 Å². The number of hydrogen-bond donors (Lipinski definition) is 0. The molecule has 0 radical (unpaired) electrons. The average Bonchev–Trinajstić information content (AvgIpc) is 2.60. The highest BCUT2D eigenvalue weighted by molar-refractivity contribution is 6.32. The number of carbonyl (C=O) groups excluding carboxylic acids is 1. The Kier molecular flexibility index (Phi) is 6.42. The second-order valence-electron chi connectivity index (χ2n) is 5.36. The van der Waals surface area contributed by atoms with Crippen LogP contribution >= 0.6 is 11.6 Å². The largest absolute Gasteiger partial charge is 0.493 e. The topological polar surface area (TPSA) is 38.8 Å². The van der Waals surface area contributed by atoms with Crippen LogP contribution in [0.3, 0.4) is 0 Å². The van der Waals surface area contributed by atoms with Crippen LogP contribution in [0.15, 0.2) is 42.5 Å². The van der Waals surface area contributed by atoms with Crippen molar-refractivity contribution in [2.75, 3.05) is 21.3 Å². The van der Waals surface area contributed by atoms with Crippen LogP contribution < -0.4 is 9.47 Å². The molecule has 0 aliphatic carbocycles. The third-order valence-electron chi connectivity index (χ3n) is 3.62. The van der Waals surface area contributed by atoms with E-state index in [1.807, 2.05) is 0 Å². The lowest BCUT2D eigenvalue weighted by Crippen LogP contribution is -2.24. The summed E-state index contributed by atoms with van der Waals surface area (Å²) in [7, 11) is 4.62. The van der Waals surface area contributed by atoms with Gasteiger partial charge in [0.15, 0.2) is 11.5 Å². The summed E-state index contributed by atoms with van der Waals surface area (Å²) in [4.78, 5) is 13.7. The van der Waals surface area contributed by atoms with Crippen LogP contribution in [-0.2, 0) is 11.3 Å². The molecule has 0 aliphatic rings. The molecule has 0 spiro atoms. The van der Waals surface area contributed by atoms with Crippen molar-refractivity contribution in [3.8, 4) is 11.5 Å². The molecule has 0 aliphatic heterocycles. The summed E-state index contributed by atoms with van der Waals surface area (Å²) in [5.74, 6) is 0.318. The summed E-state index contributed by atoms with van der Waals surface area (Å²) in [5.41, 5.74) is 1.15. The minimum Gasteiger partial charge on any atom is -0.493 e. The normalized spacial score (nSPS) is 10.8. The van der Waals surface area contributed by atoms with Crippen LogP contribution in [0, 0.1) is 5.82 Å². The van der Waals surface area contributed by atoms with Crippen molar-refractivity contribution >= 4 is 23.6 Å². The van der Waals surface area contributed by atoms with Gasteiger partial charge in [-0.1, -0.05) is 29.8 Å². The number of halogens is 2. The third kappa shape index (κ3) is 4.73. The second-order valence-corrected chi connectivity index (χ2v) is 5.76. The van der Waals surface area contributed by atoms with Gasteiger partial charge in [0.1, 0.15) is 5.82 Å². The minimum absolute atomic E-state index is 0.183. The van der Waals surface area contributed by atoms with Crippen LogP contribution in [0.1, 0.15) is 11.1 Å². The molecule has 0 saturated heterocycles. The smallest absolute Gasteiger partial charge is 0.246 e. The van der Waals surface area contributed by atoms with Gasteiger partial charge in [0.25, 0.3) is 0 Å². The van der Waals surface area contributed by atoms with E-state index >= 15 is 0 Å². The van der Waals surface area contributed by atoms with E-state index in [2.05, 4.69) is 0 Å². The molecule has 4 nitrogen and oxygen atoms in total. The minimum atomic E-state index is -0.335. The first-order valence-electron chi connectivity index (χ1n) is 7.54. The van der Waals surface area contributed by atoms with Crippen molar-refractivity contribution in [1.29, 1.82) is 0 Å². The molecule has 6 heteroatoms. The monoisotopic (exact) mass is 363 g/mol. The summed E-state index contributed by atoms with van der Waals surface area (Å²) in [5, 5.41) is 0.383. The van der Waals surface area contributed by atoms with Gasteiger partial charge < -0.3 is 14.4 Å². The van der Waals surface area contributed by atoms with Gasteiger partial charge in [0, 0.05) is 25.2 Å². The highest BCUT2D eigenvalue weighted by atomic mass is 35.5. The molecular weight excluding hydrogens is 345 g/mol. The Morgan fingerprint density at radius 2 is 1.96 bits per heavy atom. The predicted octanol–water partition coefficient (Wildman–Crippen LogP) is 4.17. The van der Waals surface area contributed by atoms with Crippen LogP contribution in [-0.4, -0.2) is 32.1 Å². The van der Waals surface area contributed by atoms with E-state index in [1.165, 1.54) is 31.3 Å². The molecule has 0 unspecified atom stereocenters. The molecule has 1 amide bonds. The first-order chi connectivity index (χ1) is 12.0. The molecule has 0 saturated carbocycles. The average molecular weight is 364 g/mol. The van der Waals surface area contributed by atoms with Gasteiger partial charge in [0.2, 0.25) is 5.91 Å². The van der Waals surface area contributed by atoms with Crippen LogP contribution in [0.2, 0.25) is 5.02 Å². The Hall–Kier alpha value is -2.53. The van der Waals surface area contributed by atoms with Crippen molar-refractivity contribution < 1.29 is 18.7 Å². The second kappa shape index (κ2) is 8.53. The molecule has 0 N–H and O–H groups in total. The van der Waals surface area contributed by atoms with Crippen molar-refractivity contribution in [3.63, 3.8) is 0 Å². The summed E-state index contributed by atoms with van der Waals surface area (Å²) in [6, 6.07) is 9.75. The molecule has 0 aromatic heterocycles. The van der Waals surface area contributed by atoms with Gasteiger partial charge >= 0.3 is 0 Å². The Morgan fingerprint density at radius 3 is 2.60 bits per heavy atom. The SMILES string of the molecule is COc1cc(/C=C/C(=O)N(C)Cc2ccccc2F)cc(Cl)c1OC. The highest BCUT2D eigenvalue weighted by Gasteiger charge is 2.11. The van der Waals surface area contributed by atoms with Gasteiger partial charge in [-0.15, -0.1) is 0 Å². The van der Waals surface area contributed by atoms with Gasteiger partial charge in [-0.25, -0.2) is 4.39 Å². The summed E-state index contributed by atoms with van der Waals surface area (Å²) in [6.45, 7) is 0.183. The molecule has 132 valence electrons. The van der Waals surface area contributed by atoms with Gasteiger partial charge in [-0.3, -0.25) is 4.79 Å². The zero-order valence-corrected chi connectivity index (χ0v) is 15.0. The molecular formula is C19H19ClFNO3. The molecule has 0 fully saturated rings. The fourth-order valence-electron chi connectivity index (χ4n) is 2.29. The Balaban J connectivity index is 2.12. The number of ether oxygens (including phenoxy) is 2. The predicted molar refractivity (Wildman–Crippen MR) is 96.5 cm³/mol. The van der Waals surface area contributed by atoms with E-state index in [0.29, 0.717) is 27.6 Å². The van der Waals surface area contributed by atoms with Crippen LogP contribution in [0.25, 0.3) is 6.08 Å². The number of hydrogen-bond acceptors (Lipinski definition) is 3. The maximum absolute atomic E-state index is 13.7. The number of benzene rings is 2. The number of nitrogens with zero attached hydrogens (tertiary/aromatic N) is 1. The van der Waals surface area contributed by atoms with Crippen molar-refractivity contribution in [2.45, 2.75) is 6.54 Å². The first kappa shape index (κ1) is 18.8. The first-order valence-corrected chi connectivity index (χ1v) is 7.92. The lowest BCUT2D eigenvalue weighted by atomic mass is 10.1. The zero-order valence-electron chi connectivity index (χ0n) is 14.3. The number of likely N-dealkylation sites (N-methyl/N-ethyl adjacent to an activating group) is 1. The van der Waals surface area contributed by atoms with E-state index in [4.69, 9.17) is 21.1 Å². The maximum atomic E-state index is 13.7. The molecule has 2 rings (SSSR count). The molecule has 0 heterocycles. The Labute approximate surface area is 151 Å².